The molecule has 2 aromatic carbocycles. The van der Waals surface area contributed by atoms with Crippen LogP contribution in [0.25, 0.3) is 10.9 Å². The molecule has 106 valence electrons. The molecule has 0 bridgehead atoms. The summed E-state index contributed by atoms with van der Waals surface area (Å²) >= 11 is 9.64. The van der Waals surface area contributed by atoms with E-state index in [9.17, 15) is 5.11 Å². The zero-order chi connectivity index (χ0) is 14.8. The van der Waals surface area contributed by atoms with E-state index in [4.69, 9.17) is 11.6 Å². The molecule has 1 atom stereocenters. The Balaban J connectivity index is 1.97. The SMILES string of the molecule is OC(Cc1ccnc2ccccc12)c1cccc(Br)c1Cl. The fourth-order valence-corrected chi connectivity index (χ4v) is 3.06. The van der Waals surface area contributed by atoms with Crippen LogP contribution in [0.15, 0.2) is 59.2 Å². The molecule has 21 heavy (non-hydrogen) atoms. The molecule has 0 fully saturated rings. The number of aromatic nitrogens is 1. The van der Waals surface area contributed by atoms with Crippen LogP contribution < -0.4 is 0 Å². The molecular weight excluding hydrogens is 350 g/mol. The van der Waals surface area contributed by atoms with E-state index in [0.717, 1.165) is 26.5 Å². The number of fused-ring (bicyclic) bond motifs is 1. The average molecular weight is 363 g/mol. The number of para-hydroxylation sites is 1. The number of aliphatic hydroxyl groups excluding tert-OH is 1. The summed E-state index contributed by atoms with van der Waals surface area (Å²) in [6, 6.07) is 15.5. The van der Waals surface area contributed by atoms with Crippen LogP contribution in [0, 0.1) is 0 Å². The molecule has 1 heterocycles. The van der Waals surface area contributed by atoms with E-state index in [1.165, 1.54) is 0 Å². The van der Waals surface area contributed by atoms with Gasteiger partial charge in [-0.2, -0.15) is 0 Å². The zero-order valence-electron chi connectivity index (χ0n) is 11.1. The van der Waals surface area contributed by atoms with Crippen LogP contribution in [-0.2, 0) is 6.42 Å². The number of nitrogens with zero attached hydrogens (tertiary/aromatic N) is 1. The first-order valence-corrected chi connectivity index (χ1v) is 7.78. The van der Waals surface area contributed by atoms with Crippen molar-refractivity contribution in [3.8, 4) is 0 Å². The van der Waals surface area contributed by atoms with Gasteiger partial charge < -0.3 is 5.11 Å². The zero-order valence-corrected chi connectivity index (χ0v) is 13.5. The van der Waals surface area contributed by atoms with Crippen LogP contribution in [0.2, 0.25) is 5.02 Å². The van der Waals surface area contributed by atoms with Gasteiger partial charge in [-0.05, 0) is 39.7 Å². The van der Waals surface area contributed by atoms with Gasteiger partial charge in [0.1, 0.15) is 0 Å². The second kappa shape index (κ2) is 6.14. The molecule has 1 unspecified atom stereocenters. The molecule has 3 aromatic rings. The maximum absolute atomic E-state index is 10.5. The van der Waals surface area contributed by atoms with Gasteiger partial charge in [-0.15, -0.1) is 0 Å². The predicted octanol–water partition coefficient (Wildman–Crippen LogP) is 4.93. The smallest absolute Gasteiger partial charge is 0.0845 e. The third-order valence-electron chi connectivity index (χ3n) is 3.49. The second-order valence-corrected chi connectivity index (χ2v) is 6.08. The van der Waals surface area contributed by atoms with Gasteiger partial charge in [0, 0.05) is 28.0 Å². The molecule has 0 aliphatic heterocycles. The van der Waals surface area contributed by atoms with E-state index < -0.39 is 6.10 Å². The summed E-state index contributed by atoms with van der Waals surface area (Å²) in [5.41, 5.74) is 2.72. The Kier molecular flexibility index (Phi) is 4.24. The van der Waals surface area contributed by atoms with Gasteiger partial charge in [-0.25, -0.2) is 0 Å². The molecular formula is C17H13BrClNO. The van der Waals surface area contributed by atoms with Gasteiger partial charge in [0.2, 0.25) is 0 Å². The van der Waals surface area contributed by atoms with E-state index in [-0.39, 0.29) is 0 Å². The van der Waals surface area contributed by atoms with Crippen LogP contribution in [0.4, 0.5) is 0 Å². The number of hydrogen-bond acceptors (Lipinski definition) is 2. The van der Waals surface area contributed by atoms with E-state index in [0.29, 0.717) is 11.4 Å². The number of benzene rings is 2. The number of hydrogen-bond donors (Lipinski definition) is 1. The van der Waals surface area contributed by atoms with Gasteiger partial charge >= 0.3 is 0 Å². The molecule has 0 spiro atoms. The second-order valence-electron chi connectivity index (χ2n) is 4.85. The molecule has 0 aliphatic rings. The molecule has 0 amide bonds. The highest BCUT2D eigenvalue weighted by Crippen LogP contribution is 2.32. The molecule has 3 rings (SSSR count). The van der Waals surface area contributed by atoms with Gasteiger partial charge in [0.15, 0.2) is 0 Å². The van der Waals surface area contributed by atoms with Crippen molar-refractivity contribution in [1.82, 2.24) is 4.98 Å². The van der Waals surface area contributed by atoms with Crippen molar-refractivity contribution in [2.24, 2.45) is 0 Å². The van der Waals surface area contributed by atoms with Gasteiger partial charge in [0.05, 0.1) is 16.6 Å². The van der Waals surface area contributed by atoms with E-state index in [1.807, 2.05) is 48.5 Å². The molecule has 0 radical (unpaired) electrons. The molecule has 2 nitrogen and oxygen atoms in total. The lowest BCUT2D eigenvalue weighted by molar-refractivity contribution is 0.179. The fraction of sp³-hybridized carbons (Fsp3) is 0.118. The van der Waals surface area contributed by atoms with Crippen molar-refractivity contribution >= 4 is 38.4 Å². The maximum Gasteiger partial charge on any atom is 0.0845 e. The Morgan fingerprint density at radius 3 is 2.76 bits per heavy atom. The average Bonchev–Trinajstić information content (AvgIpc) is 2.50. The molecule has 4 heteroatoms. The van der Waals surface area contributed by atoms with Crippen LogP contribution in [0.1, 0.15) is 17.2 Å². The van der Waals surface area contributed by atoms with Gasteiger partial charge in [0.25, 0.3) is 0 Å². The Bertz CT molecular complexity index is 785. The Morgan fingerprint density at radius 1 is 1.10 bits per heavy atom. The van der Waals surface area contributed by atoms with Crippen molar-refractivity contribution < 1.29 is 5.11 Å². The number of pyridine rings is 1. The summed E-state index contributed by atoms with van der Waals surface area (Å²) < 4.78 is 0.792. The van der Waals surface area contributed by atoms with Crippen molar-refractivity contribution in [3.05, 3.63) is 75.4 Å². The predicted molar refractivity (Wildman–Crippen MR) is 89.6 cm³/mol. The summed E-state index contributed by atoms with van der Waals surface area (Å²) in [4.78, 5) is 4.34. The summed E-state index contributed by atoms with van der Waals surface area (Å²) in [5, 5.41) is 12.1. The standard InChI is InChI=1S/C17H13BrClNO/c18-14-6-3-5-13(17(14)19)16(21)10-11-8-9-20-15-7-2-1-4-12(11)15/h1-9,16,21H,10H2. The van der Waals surface area contributed by atoms with Crippen molar-refractivity contribution in [2.45, 2.75) is 12.5 Å². The van der Waals surface area contributed by atoms with Crippen LogP contribution >= 0.6 is 27.5 Å². The normalized spacial score (nSPS) is 12.5. The first-order chi connectivity index (χ1) is 10.2. The largest absolute Gasteiger partial charge is 0.388 e. The van der Waals surface area contributed by atoms with Crippen molar-refractivity contribution in [3.63, 3.8) is 0 Å². The molecule has 1 N–H and O–H groups in total. The topological polar surface area (TPSA) is 33.1 Å². The van der Waals surface area contributed by atoms with E-state index >= 15 is 0 Å². The Labute approximate surface area is 136 Å². The minimum atomic E-state index is -0.652. The Hall–Kier alpha value is -1.42. The third-order valence-corrected chi connectivity index (χ3v) is 4.80. The van der Waals surface area contributed by atoms with Crippen LogP contribution in [-0.4, -0.2) is 10.1 Å². The lowest BCUT2D eigenvalue weighted by Gasteiger charge is -2.15. The van der Waals surface area contributed by atoms with Gasteiger partial charge in [-0.3, -0.25) is 4.98 Å². The van der Waals surface area contributed by atoms with Gasteiger partial charge in [-0.1, -0.05) is 41.9 Å². The third kappa shape index (κ3) is 2.95. The minimum Gasteiger partial charge on any atom is -0.388 e. The van der Waals surface area contributed by atoms with Crippen molar-refractivity contribution in [2.75, 3.05) is 0 Å². The van der Waals surface area contributed by atoms with Crippen LogP contribution in [0.5, 0.6) is 0 Å². The number of aliphatic hydroxyl groups is 1. The number of rotatable bonds is 3. The molecule has 0 saturated carbocycles. The number of halogens is 2. The molecule has 0 saturated heterocycles. The summed E-state index contributed by atoms with van der Waals surface area (Å²) in [6.07, 6.45) is 1.62. The maximum atomic E-state index is 10.5. The molecule has 1 aromatic heterocycles. The highest BCUT2D eigenvalue weighted by Gasteiger charge is 2.15. The lowest BCUT2D eigenvalue weighted by atomic mass is 9.99. The quantitative estimate of drug-likeness (QED) is 0.717. The first-order valence-electron chi connectivity index (χ1n) is 6.61. The summed E-state index contributed by atoms with van der Waals surface area (Å²) in [6.45, 7) is 0. The van der Waals surface area contributed by atoms with Crippen LogP contribution in [0.3, 0.4) is 0 Å². The van der Waals surface area contributed by atoms with E-state index in [1.54, 1.807) is 6.20 Å². The summed E-state index contributed by atoms with van der Waals surface area (Å²) in [5.74, 6) is 0. The molecule has 0 aliphatic carbocycles. The fourth-order valence-electron chi connectivity index (χ4n) is 2.43. The van der Waals surface area contributed by atoms with Crippen molar-refractivity contribution in [1.29, 1.82) is 0 Å². The Morgan fingerprint density at radius 2 is 1.90 bits per heavy atom. The first kappa shape index (κ1) is 14.5. The monoisotopic (exact) mass is 361 g/mol. The highest BCUT2D eigenvalue weighted by atomic mass is 79.9. The highest BCUT2D eigenvalue weighted by molar-refractivity contribution is 9.10. The van der Waals surface area contributed by atoms with E-state index in [2.05, 4.69) is 20.9 Å². The summed E-state index contributed by atoms with van der Waals surface area (Å²) in [7, 11) is 0. The minimum absolute atomic E-state index is 0.499. The lowest BCUT2D eigenvalue weighted by Crippen LogP contribution is -2.03.